The minimum atomic E-state index is -4.50. The van der Waals surface area contributed by atoms with Crippen molar-refractivity contribution in [3.05, 3.63) is 95.7 Å². The van der Waals surface area contributed by atoms with Gasteiger partial charge < -0.3 is 15.6 Å². The third-order valence-electron chi connectivity index (χ3n) is 4.88. The second-order valence-electron chi connectivity index (χ2n) is 7.20. The molecule has 0 saturated carbocycles. The van der Waals surface area contributed by atoms with Gasteiger partial charge in [0.05, 0.1) is 12.0 Å². The van der Waals surface area contributed by atoms with Crippen LogP contribution in [0.15, 0.2) is 79.0 Å². The number of aromatic nitrogens is 1. The van der Waals surface area contributed by atoms with Crippen LogP contribution in [0.3, 0.4) is 0 Å². The van der Waals surface area contributed by atoms with Crippen LogP contribution in [0.2, 0.25) is 0 Å². The minimum Gasteiger partial charge on any atom is -0.361 e. The Morgan fingerprint density at radius 2 is 1.56 bits per heavy atom. The molecule has 4 aromatic rings. The number of H-pyrrole nitrogens is 1. The number of amides is 2. The maximum Gasteiger partial charge on any atom is 0.416 e. The van der Waals surface area contributed by atoms with E-state index < -0.39 is 17.6 Å². The first-order chi connectivity index (χ1) is 15.3. The highest BCUT2D eigenvalue weighted by atomic mass is 19.4. The van der Waals surface area contributed by atoms with Crippen molar-refractivity contribution in [2.24, 2.45) is 0 Å². The molecule has 5 nitrogen and oxygen atoms in total. The maximum absolute atomic E-state index is 12.9. The van der Waals surface area contributed by atoms with E-state index in [1.54, 1.807) is 18.3 Å². The van der Waals surface area contributed by atoms with Gasteiger partial charge in [0.1, 0.15) is 0 Å². The average Bonchev–Trinajstić information content (AvgIpc) is 3.16. The number of fused-ring (bicyclic) bond motifs is 1. The molecule has 0 fully saturated rings. The number of para-hydroxylation sites is 1. The number of carbonyl (C=O) groups excluding carboxylic acids is 2. The fourth-order valence-corrected chi connectivity index (χ4v) is 3.37. The van der Waals surface area contributed by atoms with E-state index in [2.05, 4.69) is 15.6 Å². The lowest BCUT2D eigenvalue weighted by molar-refractivity contribution is -0.137. The van der Waals surface area contributed by atoms with Gasteiger partial charge in [0.2, 0.25) is 5.91 Å². The number of halogens is 3. The Balaban J connectivity index is 1.44. The predicted octanol–water partition coefficient (Wildman–Crippen LogP) is 5.62. The van der Waals surface area contributed by atoms with Gasteiger partial charge in [0, 0.05) is 34.0 Å². The van der Waals surface area contributed by atoms with Crippen LogP contribution in [0.5, 0.6) is 0 Å². The summed E-state index contributed by atoms with van der Waals surface area (Å²) in [6.07, 6.45) is -2.58. The number of benzene rings is 3. The van der Waals surface area contributed by atoms with Gasteiger partial charge in [-0.15, -0.1) is 0 Å². The van der Waals surface area contributed by atoms with Crippen molar-refractivity contribution in [1.82, 2.24) is 4.98 Å². The summed E-state index contributed by atoms with van der Waals surface area (Å²) in [6.45, 7) is 0. The zero-order chi connectivity index (χ0) is 22.7. The third-order valence-corrected chi connectivity index (χ3v) is 4.88. The molecule has 0 unspecified atom stereocenters. The molecule has 0 aliphatic heterocycles. The maximum atomic E-state index is 12.9. The number of rotatable bonds is 5. The van der Waals surface area contributed by atoms with Crippen LogP contribution < -0.4 is 10.6 Å². The van der Waals surface area contributed by atoms with Crippen molar-refractivity contribution in [2.75, 3.05) is 10.6 Å². The quantitative estimate of drug-likeness (QED) is 0.379. The largest absolute Gasteiger partial charge is 0.416 e. The number of hydrogen-bond acceptors (Lipinski definition) is 2. The van der Waals surface area contributed by atoms with E-state index in [-0.39, 0.29) is 23.6 Å². The van der Waals surface area contributed by atoms with Crippen LogP contribution in [0.25, 0.3) is 10.9 Å². The molecule has 2 amide bonds. The summed E-state index contributed by atoms with van der Waals surface area (Å²) in [7, 11) is 0. The van der Waals surface area contributed by atoms with Crippen molar-refractivity contribution < 1.29 is 22.8 Å². The number of anilines is 2. The van der Waals surface area contributed by atoms with Crippen molar-refractivity contribution >= 4 is 34.1 Å². The highest BCUT2D eigenvalue weighted by Gasteiger charge is 2.30. The van der Waals surface area contributed by atoms with E-state index >= 15 is 0 Å². The van der Waals surface area contributed by atoms with E-state index in [4.69, 9.17) is 0 Å². The fraction of sp³-hybridized carbons (Fsp3) is 0.0833. The Bertz CT molecular complexity index is 1290. The number of nitrogens with one attached hydrogen (secondary N) is 3. The Labute approximate surface area is 181 Å². The van der Waals surface area contributed by atoms with Crippen LogP contribution in [-0.2, 0) is 17.4 Å². The first kappa shape index (κ1) is 21.2. The number of hydrogen-bond donors (Lipinski definition) is 3. The van der Waals surface area contributed by atoms with Gasteiger partial charge in [-0.2, -0.15) is 13.2 Å². The fourth-order valence-electron chi connectivity index (χ4n) is 3.37. The normalized spacial score (nSPS) is 11.3. The predicted molar refractivity (Wildman–Crippen MR) is 116 cm³/mol. The van der Waals surface area contributed by atoms with E-state index in [9.17, 15) is 22.8 Å². The molecule has 4 rings (SSSR count). The molecule has 0 radical (unpaired) electrons. The van der Waals surface area contributed by atoms with Gasteiger partial charge >= 0.3 is 6.18 Å². The van der Waals surface area contributed by atoms with E-state index in [0.29, 0.717) is 5.69 Å². The molecule has 0 aliphatic rings. The molecule has 162 valence electrons. The Morgan fingerprint density at radius 3 is 2.34 bits per heavy atom. The molecule has 0 spiro atoms. The molecule has 8 heteroatoms. The number of aromatic amines is 1. The number of alkyl halides is 3. The summed E-state index contributed by atoms with van der Waals surface area (Å²) in [4.78, 5) is 28.1. The first-order valence-corrected chi connectivity index (χ1v) is 9.73. The van der Waals surface area contributed by atoms with E-state index in [1.807, 2.05) is 24.3 Å². The van der Waals surface area contributed by atoms with Crippen LogP contribution in [0.4, 0.5) is 24.5 Å². The van der Waals surface area contributed by atoms with Crippen molar-refractivity contribution in [1.29, 1.82) is 0 Å². The molecule has 0 atom stereocenters. The molecule has 0 saturated heterocycles. The van der Waals surface area contributed by atoms with Crippen LogP contribution in [0, 0.1) is 0 Å². The highest BCUT2D eigenvalue weighted by Crippen LogP contribution is 2.30. The average molecular weight is 437 g/mol. The van der Waals surface area contributed by atoms with E-state index in [0.717, 1.165) is 28.6 Å². The molecule has 0 bridgehead atoms. The van der Waals surface area contributed by atoms with Gasteiger partial charge in [0.25, 0.3) is 5.91 Å². The zero-order valence-corrected chi connectivity index (χ0v) is 16.7. The van der Waals surface area contributed by atoms with Crippen LogP contribution >= 0.6 is 0 Å². The smallest absolute Gasteiger partial charge is 0.361 e. The summed E-state index contributed by atoms with van der Waals surface area (Å²) in [6, 6.07) is 18.2. The SMILES string of the molecule is O=C(Cc1c[nH]c2ccccc12)Nc1cccc(C(=O)Nc2cccc(C(F)(F)F)c2)c1. The molecule has 3 N–H and O–H groups in total. The molecular formula is C24H18F3N3O2. The van der Waals surface area contributed by atoms with Gasteiger partial charge in [-0.1, -0.05) is 30.3 Å². The van der Waals surface area contributed by atoms with Crippen molar-refractivity contribution in [3.8, 4) is 0 Å². The topological polar surface area (TPSA) is 74.0 Å². The van der Waals surface area contributed by atoms with Gasteiger partial charge in [0.15, 0.2) is 0 Å². The second-order valence-corrected chi connectivity index (χ2v) is 7.20. The summed E-state index contributed by atoms with van der Waals surface area (Å²) in [5.41, 5.74) is 1.56. The molecular weight excluding hydrogens is 419 g/mol. The van der Waals surface area contributed by atoms with Crippen molar-refractivity contribution in [3.63, 3.8) is 0 Å². The lowest BCUT2D eigenvalue weighted by atomic mass is 10.1. The summed E-state index contributed by atoms with van der Waals surface area (Å²) < 4.78 is 38.6. The molecule has 0 aliphatic carbocycles. The highest BCUT2D eigenvalue weighted by molar-refractivity contribution is 6.05. The Kier molecular flexibility index (Phi) is 5.68. The first-order valence-electron chi connectivity index (χ1n) is 9.73. The molecule has 3 aromatic carbocycles. The van der Waals surface area contributed by atoms with Crippen molar-refractivity contribution in [2.45, 2.75) is 12.6 Å². The Hall–Kier alpha value is -4.07. The molecule has 1 aromatic heterocycles. The van der Waals surface area contributed by atoms with Gasteiger partial charge in [-0.25, -0.2) is 0 Å². The number of carbonyl (C=O) groups is 2. The summed E-state index contributed by atoms with van der Waals surface area (Å²) >= 11 is 0. The lowest BCUT2D eigenvalue weighted by Gasteiger charge is -2.11. The second kappa shape index (κ2) is 8.58. The zero-order valence-electron chi connectivity index (χ0n) is 16.7. The van der Waals surface area contributed by atoms with Gasteiger partial charge in [-0.05, 0) is 48.0 Å². The lowest BCUT2D eigenvalue weighted by Crippen LogP contribution is -2.16. The minimum absolute atomic E-state index is 0.0265. The molecule has 32 heavy (non-hydrogen) atoms. The van der Waals surface area contributed by atoms with Gasteiger partial charge in [-0.3, -0.25) is 9.59 Å². The Morgan fingerprint density at radius 1 is 0.844 bits per heavy atom. The monoisotopic (exact) mass is 437 g/mol. The molecule has 1 heterocycles. The summed E-state index contributed by atoms with van der Waals surface area (Å²) in [5, 5.41) is 6.16. The standard InChI is InChI=1S/C24H18F3N3O2/c25-24(26,27)17-6-4-8-19(13-17)30-23(32)15-5-3-7-18(11-15)29-22(31)12-16-14-28-21-10-2-1-9-20(16)21/h1-11,13-14,28H,12H2,(H,29,31)(H,30,32). The third kappa shape index (κ3) is 4.80. The summed E-state index contributed by atoms with van der Waals surface area (Å²) in [5.74, 6) is -0.845. The van der Waals surface area contributed by atoms with Crippen LogP contribution in [-0.4, -0.2) is 16.8 Å². The van der Waals surface area contributed by atoms with E-state index in [1.165, 1.54) is 24.3 Å². The van der Waals surface area contributed by atoms with Crippen LogP contribution in [0.1, 0.15) is 21.5 Å².